The number of ether oxygens (including phenoxy) is 1. The first-order chi connectivity index (χ1) is 16.5. The van der Waals surface area contributed by atoms with Crippen molar-refractivity contribution in [3.05, 3.63) is 58.4 Å². The second-order valence-corrected chi connectivity index (χ2v) is 9.35. The molecule has 8 heteroatoms. The van der Waals surface area contributed by atoms with E-state index in [4.69, 9.17) is 21.6 Å². The van der Waals surface area contributed by atoms with Crippen molar-refractivity contribution < 1.29 is 18.7 Å². The van der Waals surface area contributed by atoms with Crippen LogP contribution in [0.25, 0.3) is 0 Å². The molecule has 1 amide bonds. The molecule has 4 rings (SSSR count). The Morgan fingerprint density at radius 2 is 1.85 bits per heavy atom. The fourth-order valence-electron chi connectivity index (χ4n) is 4.63. The summed E-state index contributed by atoms with van der Waals surface area (Å²) in [4.78, 5) is 25.6. The molecule has 2 aromatic carbocycles. The number of carbonyl (C=O) groups is 2. The van der Waals surface area contributed by atoms with Crippen LogP contribution in [-0.4, -0.2) is 37.4 Å². The van der Waals surface area contributed by atoms with Gasteiger partial charge in [0.1, 0.15) is 23.9 Å². The minimum atomic E-state index is -0.421. The van der Waals surface area contributed by atoms with Gasteiger partial charge in [-0.2, -0.15) is 5.26 Å². The number of nitrogens with zero attached hydrogens (tertiary/aromatic N) is 2. The first-order valence-corrected chi connectivity index (χ1v) is 12.0. The Morgan fingerprint density at radius 3 is 2.47 bits per heavy atom. The van der Waals surface area contributed by atoms with Crippen LogP contribution < -0.4 is 15.0 Å². The van der Waals surface area contributed by atoms with Gasteiger partial charge < -0.3 is 19.7 Å². The number of nitrogens with one attached hydrogen (secondary N) is 1. The number of carbonyl (C=O) groups excluding carboxylic acids is 2. The van der Waals surface area contributed by atoms with Gasteiger partial charge in [-0.05, 0) is 68.9 Å². The number of amides is 1. The SMILES string of the molecule is N#Cc1ccc(OC2CCC(NC(=O)c3ccc(N4CCC(C=O)CC4)c(F)c3)CC2)cc1Cl. The van der Waals surface area contributed by atoms with E-state index in [-0.39, 0.29) is 24.0 Å². The van der Waals surface area contributed by atoms with Gasteiger partial charge in [0.2, 0.25) is 0 Å². The number of aldehydes is 1. The molecule has 1 N–H and O–H groups in total. The van der Waals surface area contributed by atoms with Crippen LogP contribution >= 0.6 is 11.6 Å². The lowest BCUT2D eigenvalue weighted by atomic mass is 9.92. The molecule has 1 aliphatic heterocycles. The maximum Gasteiger partial charge on any atom is 0.251 e. The third-order valence-electron chi connectivity index (χ3n) is 6.66. The molecular weight excluding hydrogens is 457 g/mol. The molecule has 0 unspecified atom stereocenters. The van der Waals surface area contributed by atoms with Crippen molar-refractivity contribution in [2.75, 3.05) is 18.0 Å². The minimum Gasteiger partial charge on any atom is -0.490 e. The van der Waals surface area contributed by atoms with Gasteiger partial charge in [0, 0.05) is 36.7 Å². The average molecular weight is 484 g/mol. The number of piperidine rings is 1. The Kier molecular flexibility index (Phi) is 7.69. The van der Waals surface area contributed by atoms with Crippen LogP contribution in [0.3, 0.4) is 0 Å². The molecule has 2 aliphatic rings. The zero-order valence-electron chi connectivity index (χ0n) is 18.8. The van der Waals surface area contributed by atoms with E-state index in [1.54, 1.807) is 30.3 Å². The largest absolute Gasteiger partial charge is 0.490 e. The van der Waals surface area contributed by atoms with E-state index in [1.165, 1.54) is 6.07 Å². The molecule has 0 atom stereocenters. The van der Waals surface area contributed by atoms with Crippen molar-refractivity contribution in [3.8, 4) is 11.8 Å². The van der Waals surface area contributed by atoms with Gasteiger partial charge in [0.15, 0.2) is 0 Å². The first kappa shape index (κ1) is 24.0. The molecule has 1 saturated heterocycles. The molecule has 2 aromatic rings. The van der Waals surface area contributed by atoms with Gasteiger partial charge in [-0.1, -0.05) is 11.6 Å². The monoisotopic (exact) mass is 483 g/mol. The van der Waals surface area contributed by atoms with Crippen LogP contribution in [0, 0.1) is 23.1 Å². The lowest BCUT2D eigenvalue weighted by Crippen LogP contribution is -2.39. The second kappa shape index (κ2) is 10.9. The lowest BCUT2D eigenvalue weighted by molar-refractivity contribution is -0.111. The smallest absolute Gasteiger partial charge is 0.251 e. The molecule has 1 aliphatic carbocycles. The maximum atomic E-state index is 14.8. The molecule has 1 heterocycles. The predicted molar refractivity (Wildman–Crippen MR) is 128 cm³/mol. The number of anilines is 1. The Morgan fingerprint density at radius 1 is 1.12 bits per heavy atom. The summed E-state index contributed by atoms with van der Waals surface area (Å²) in [5, 5.41) is 12.4. The highest BCUT2D eigenvalue weighted by atomic mass is 35.5. The van der Waals surface area contributed by atoms with Crippen LogP contribution in [-0.2, 0) is 4.79 Å². The molecule has 0 radical (unpaired) electrons. The topological polar surface area (TPSA) is 82.4 Å². The highest BCUT2D eigenvalue weighted by Gasteiger charge is 2.25. The first-order valence-electron chi connectivity index (χ1n) is 11.6. The third kappa shape index (κ3) is 5.68. The predicted octanol–water partition coefficient (Wildman–Crippen LogP) is 4.89. The van der Waals surface area contributed by atoms with E-state index < -0.39 is 5.82 Å². The van der Waals surface area contributed by atoms with Crippen molar-refractivity contribution in [1.29, 1.82) is 5.26 Å². The van der Waals surface area contributed by atoms with E-state index in [2.05, 4.69) is 5.32 Å². The van der Waals surface area contributed by atoms with E-state index in [0.29, 0.717) is 40.7 Å². The number of hydrogen-bond donors (Lipinski definition) is 1. The molecule has 1 saturated carbocycles. The lowest BCUT2D eigenvalue weighted by Gasteiger charge is -2.32. The van der Waals surface area contributed by atoms with E-state index in [1.807, 2.05) is 11.0 Å². The molecule has 178 valence electrons. The van der Waals surface area contributed by atoms with Gasteiger partial charge in [-0.3, -0.25) is 4.79 Å². The molecule has 0 bridgehead atoms. The summed E-state index contributed by atoms with van der Waals surface area (Å²) in [5.41, 5.74) is 1.18. The van der Waals surface area contributed by atoms with E-state index in [9.17, 15) is 14.0 Å². The molecule has 0 aromatic heterocycles. The summed E-state index contributed by atoms with van der Waals surface area (Å²) >= 11 is 6.07. The molecular formula is C26H27ClFN3O3. The van der Waals surface area contributed by atoms with Gasteiger partial charge in [0.05, 0.1) is 22.4 Å². The number of benzene rings is 2. The Labute approximate surface area is 203 Å². The van der Waals surface area contributed by atoms with E-state index in [0.717, 1.165) is 44.8 Å². The van der Waals surface area contributed by atoms with Crippen LogP contribution in [0.5, 0.6) is 5.75 Å². The van der Waals surface area contributed by atoms with Crippen LogP contribution in [0.4, 0.5) is 10.1 Å². The summed E-state index contributed by atoms with van der Waals surface area (Å²) in [5.74, 6) is -0.0297. The third-order valence-corrected chi connectivity index (χ3v) is 6.97. The van der Waals surface area contributed by atoms with Gasteiger partial charge in [-0.15, -0.1) is 0 Å². The Hall–Kier alpha value is -3.11. The van der Waals surface area contributed by atoms with Gasteiger partial charge >= 0.3 is 0 Å². The van der Waals surface area contributed by atoms with Crippen molar-refractivity contribution in [2.45, 2.75) is 50.7 Å². The number of nitriles is 1. The normalized spacial score (nSPS) is 20.9. The number of halogens is 2. The number of rotatable bonds is 6. The summed E-state index contributed by atoms with van der Waals surface area (Å²) < 4.78 is 20.7. The molecule has 34 heavy (non-hydrogen) atoms. The fourth-order valence-corrected chi connectivity index (χ4v) is 4.84. The highest BCUT2D eigenvalue weighted by Crippen LogP contribution is 2.28. The number of hydrogen-bond acceptors (Lipinski definition) is 5. The fraction of sp³-hybridized carbons (Fsp3) is 0.423. The molecule has 0 spiro atoms. The molecule has 2 fully saturated rings. The van der Waals surface area contributed by atoms with Crippen molar-refractivity contribution >= 4 is 29.5 Å². The molecule has 6 nitrogen and oxygen atoms in total. The minimum absolute atomic E-state index is 0.00186. The Balaban J connectivity index is 1.27. The summed E-state index contributed by atoms with van der Waals surface area (Å²) in [6.45, 7) is 1.26. The van der Waals surface area contributed by atoms with E-state index >= 15 is 0 Å². The van der Waals surface area contributed by atoms with Gasteiger partial charge in [0.25, 0.3) is 5.91 Å². The highest BCUT2D eigenvalue weighted by molar-refractivity contribution is 6.31. The quantitative estimate of drug-likeness (QED) is 0.592. The summed E-state index contributed by atoms with van der Waals surface area (Å²) in [6.07, 6.45) is 5.48. The van der Waals surface area contributed by atoms with Crippen molar-refractivity contribution in [1.82, 2.24) is 5.32 Å². The van der Waals surface area contributed by atoms with Crippen LogP contribution in [0.1, 0.15) is 54.4 Å². The van der Waals surface area contributed by atoms with Crippen LogP contribution in [0.2, 0.25) is 5.02 Å². The summed E-state index contributed by atoms with van der Waals surface area (Å²) in [6, 6.07) is 11.7. The van der Waals surface area contributed by atoms with Crippen molar-refractivity contribution in [3.63, 3.8) is 0 Å². The van der Waals surface area contributed by atoms with Crippen molar-refractivity contribution in [2.24, 2.45) is 5.92 Å². The van der Waals surface area contributed by atoms with Gasteiger partial charge in [-0.25, -0.2) is 4.39 Å². The Bertz CT molecular complexity index is 1090. The zero-order valence-corrected chi connectivity index (χ0v) is 19.6. The average Bonchev–Trinajstić information content (AvgIpc) is 2.85. The second-order valence-electron chi connectivity index (χ2n) is 8.95. The standard InChI is InChI=1S/C26H27ClFN3O3/c27-23-14-22(5-1-19(23)15-29)34-21-6-3-20(4-7-21)30-26(33)18-2-8-25(24(28)13-18)31-11-9-17(16-32)10-12-31/h1-2,5,8,13-14,16-17,20-21H,3-4,6-7,9-12H2,(H,30,33). The maximum absolute atomic E-state index is 14.8. The zero-order chi connectivity index (χ0) is 24.1. The van der Waals surface area contributed by atoms with Crippen LogP contribution in [0.15, 0.2) is 36.4 Å². The summed E-state index contributed by atoms with van der Waals surface area (Å²) in [7, 11) is 0.